The SMILES string of the molecule is NCC(=O)N[C@H]1CN[C@@H](C(=O)NC(Cc2ccc(F)cc2)C(=O)Nc2cnc3ccccc3c2)C1. The molecule has 1 aliphatic heterocycles. The Labute approximate surface area is 201 Å². The summed E-state index contributed by atoms with van der Waals surface area (Å²) >= 11 is 0. The van der Waals surface area contributed by atoms with Gasteiger partial charge in [0, 0.05) is 24.4 Å². The molecule has 3 aromatic rings. The molecule has 1 fully saturated rings. The lowest BCUT2D eigenvalue weighted by Crippen LogP contribution is -2.50. The van der Waals surface area contributed by atoms with Crippen LogP contribution >= 0.6 is 0 Å². The second-order valence-corrected chi connectivity index (χ2v) is 8.46. The Balaban J connectivity index is 1.47. The molecule has 0 aliphatic carbocycles. The van der Waals surface area contributed by atoms with Crippen molar-refractivity contribution in [1.82, 2.24) is 20.9 Å². The zero-order valence-corrected chi connectivity index (χ0v) is 19.0. The molecule has 0 radical (unpaired) electrons. The Morgan fingerprint density at radius 3 is 2.69 bits per heavy atom. The Morgan fingerprint density at radius 1 is 1.14 bits per heavy atom. The molecule has 2 heterocycles. The van der Waals surface area contributed by atoms with Crippen molar-refractivity contribution in [1.29, 1.82) is 0 Å². The molecule has 0 bridgehead atoms. The number of nitrogens with two attached hydrogens (primary N) is 1. The van der Waals surface area contributed by atoms with E-state index in [1.807, 2.05) is 24.3 Å². The van der Waals surface area contributed by atoms with Crippen LogP contribution < -0.4 is 27.0 Å². The van der Waals surface area contributed by atoms with E-state index in [2.05, 4.69) is 26.3 Å². The highest BCUT2D eigenvalue weighted by Gasteiger charge is 2.32. The van der Waals surface area contributed by atoms with Crippen molar-refractivity contribution in [3.8, 4) is 0 Å². The number of para-hydroxylation sites is 1. The summed E-state index contributed by atoms with van der Waals surface area (Å²) < 4.78 is 13.4. The lowest BCUT2D eigenvalue weighted by atomic mass is 10.0. The number of carbonyl (C=O) groups excluding carboxylic acids is 3. The van der Waals surface area contributed by atoms with Gasteiger partial charge in [-0.05, 0) is 36.2 Å². The van der Waals surface area contributed by atoms with Gasteiger partial charge in [0.2, 0.25) is 17.7 Å². The second kappa shape index (κ2) is 11.0. The standard InChI is InChI=1S/C25H27FN6O3/c26-17-7-5-15(6-8-17)9-22(32-24(34)21-11-19(14-29-21)30-23(33)12-27)25(35)31-18-10-16-3-1-2-4-20(16)28-13-18/h1-8,10,13,19,21-22,29H,9,11-12,14,27H2,(H,30,33)(H,31,35)(H,32,34)/t19-,21-,22?/m1/s1. The number of hydrogen-bond acceptors (Lipinski definition) is 6. The number of rotatable bonds is 8. The average molecular weight is 479 g/mol. The van der Waals surface area contributed by atoms with Crippen LogP contribution in [0.5, 0.6) is 0 Å². The molecule has 10 heteroatoms. The highest BCUT2D eigenvalue weighted by molar-refractivity contribution is 5.99. The van der Waals surface area contributed by atoms with E-state index in [0.717, 1.165) is 10.9 Å². The monoisotopic (exact) mass is 478 g/mol. The van der Waals surface area contributed by atoms with Crippen molar-refractivity contribution in [3.63, 3.8) is 0 Å². The predicted octanol–water partition coefficient (Wildman–Crippen LogP) is 0.845. The number of hydrogen-bond donors (Lipinski definition) is 5. The zero-order valence-electron chi connectivity index (χ0n) is 19.0. The highest BCUT2D eigenvalue weighted by Crippen LogP contribution is 2.17. The third kappa shape index (κ3) is 6.37. The largest absolute Gasteiger partial charge is 0.351 e. The summed E-state index contributed by atoms with van der Waals surface area (Å²) in [5.74, 6) is -1.48. The maximum atomic E-state index is 13.4. The minimum absolute atomic E-state index is 0.128. The first-order valence-corrected chi connectivity index (χ1v) is 11.3. The Bertz CT molecular complexity index is 1220. The smallest absolute Gasteiger partial charge is 0.247 e. The van der Waals surface area contributed by atoms with Gasteiger partial charge in [0.1, 0.15) is 11.9 Å². The predicted molar refractivity (Wildman–Crippen MR) is 130 cm³/mol. The third-order valence-corrected chi connectivity index (χ3v) is 5.84. The molecule has 0 saturated carbocycles. The number of fused-ring (bicyclic) bond motifs is 1. The van der Waals surface area contributed by atoms with Gasteiger partial charge >= 0.3 is 0 Å². The molecule has 2 aromatic carbocycles. The van der Waals surface area contributed by atoms with Crippen LogP contribution in [-0.2, 0) is 20.8 Å². The summed E-state index contributed by atoms with van der Waals surface area (Å²) in [6.07, 6.45) is 2.09. The number of aromatic nitrogens is 1. The summed E-state index contributed by atoms with van der Waals surface area (Å²) in [6.45, 7) is 0.290. The van der Waals surface area contributed by atoms with Gasteiger partial charge in [0.05, 0.1) is 30.0 Å². The van der Waals surface area contributed by atoms with Crippen LogP contribution in [0.4, 0.5) is 10.1 Å². The number of carbonyl (C=O) groups is 3. The van der Waals surface area contributed by atoms with Gasteiger partial charge in [-0.15, -0.1) is 0 Å². The first-order chi connectivity index (χ1) is 16.9. The van der Waals surface area contributed by atoms with Gasteiger partial charge in [-0.2, -0.15) is 0 Å². The fraction of sp³-hybridized carbons (Fsp3) is 0.280. The number of benzene rings is 2. The fourth-order valence-corrected chi connectivity index (χ4v) is 4.04. The van der Waals surface area contributed by atoms with Gasteiger partial charge in [0.25, 0.3) is 0 Å². The number of amides is 3. The molecular weight excluding hydrogens is 451 g/mol. The van der Waals surface area contributed by atoms with E-state index in [0.29, 0.717) is 24.2 Å². The van der Waals surface area contributed by atoms with E-state index in [9.17, 15) is 18.8 Å². The van der Waals surface area contributed by atoms with Crippen LogP contribution in [0.1, 0.15) is 12.0 Å². The van der Waals surface area contributed by atoms with Crippen LogP contribution in [0, 0.1) is 5.82 Å². The quantitative estimate of drug-likeness (QED) is 0.325. The van der Waals surface area contributed by atoms with Gasteiger partial charge in [-0.1, -0.05) is 30.3 Å². The van der Waals surface area contributed by atoms with E-state index in [1.54, 1.807) is 24.4 Å². The molecule has 1 saturated heterocycles. The van der Waals surface area contributed by atoms with Crippen molar-refractivity contribution in [3.05, 3.63) is 72.2 Å². The topological polar surface area (TPSA) is 138 Å². The molecule has 3 amide bonds. The van der Waals surface area contributed by atoms with Crippen molar-refractivity contribution in [2.45, 2.75) is 31.0 Å². The summed E-state index contributed by atoms with van der Waals surface area (Å²) in [4.78, 5) is 42.1. The maximum absolute atomic E-state index is 13.4. The minimum Gasteiger partial charge on any atom is -0.351 e. The summed E-state index contributed by atoms with van der Waals surface area (Å²) in [7, 11) is 0. The first-order valence-electron chi connectivity index (χ1n) is 11.3. The Morgan fingerprint density at radius 2 is 1.91 bits per heavy atom. The van der Waals surface area contributed by atoms with Crippen molar-refractivity contribution >= 4 is 34.3 Å². The number of pyridine rings is 1. The van der Waals surface area contributed by atoms with E-state index in [4.69, 9.17) is 5.73 Å². The average Bonchev–Trinajstić information content (AvgIpc) is 3.33. The van der Waals surface area contributed by atoms with Crippen LogP contribution in [0.3, 0.4) is 0 Å². The summed E-state index contributed by atoms with van der Waals surface area (Å²) in [5.41, 5.74) is 7.32. The van der Waals surface area contributed by atoms with Crippen molar-refractivity contribution in [2.75, 3.05) is 18.4 Å². The molecule has 0 spiro atoms. The number of halogens is 1. The second-order valence-electron chi connectivity index (χ2n) is 8.46. The van der Waals surface area contributed by atoms with Gasteiger partial charge < -0.3 is 27.0 Å². The molecular formula is C25H27FN6O3. The van der Waals surface area contributed by atoms with Crippen molar-refractivity contribution < 1.29 is 18.8 Å². The van der Waals surface area contributed by atoms with Crippen LogP contribution in [-0.4, -0.2) is 53.9 Å². The Kier molecular flexibility index (Phi) is 7.64. The molecule has 1 unspecified atom stereocenters. The van der Waals surface area contributed by atoms with E-state index < -0.39 is 18.0 Å². The zero-order chi connectivity index (χ0) is 24.8. The number of nitrogens with zero attached hydrogens (tertiary/aromatic N) is 1. The molecule has 6 N–H and O–H groups in total. The molecule has 182 valence electrons. The molecule has 1 aliphatic rings. The van der Waals surface area contributed by atoms with Crippen LogP contribution in [0.2, 0.25) is 0 Å². The normalized spacial score (nSPS) is 18.1. The van der Waals surface area contributed by atoms with E-state index in [-0.39, 0.29) is 36.6 Å². The third-order valence-electron chi connectivity index (χ3n) is 5.84. The molecule has 1 aromatic heterocycles. The fourth-order valence-electron chi connectivity index (χ4n) is 4.04. The van der Waals surface area contributed by atoms with E-state index in [1.165, 1.54) is 12.1 Å². The lowest BCUT2D eigenvalue weighted by Gasteiger charge is -2.21. The van der Waals surface area contributed by atoms with Gasteiger partial charge in [0.15, 0.2) is 0 Å². The lowest BCUT2D eigenvalue weighted by molar-refractivity contribution is -0.127. The maximum Gasteiger partial charge on any atom is 0.247 e. The van der Waals surface area contributed by atoms with E-state index >= 15 is 0 Å². The minimum atomic E-state index is -0.918. The summed E-state index contributed by atoms with van der Waals surface area (Å²) in [6, 6.07) is 13.4. The van der Waals surface area contributed by atoms with Crippen LogP contribution in [0.15, 0.2) is 60.8 Å². The molecule has 35 heavy (non-hydrogen) atoms. The van der Waals surface area contributed by atoms with Crippen LogP contribution in [0.25, 0.3) is 10.9 Å². The molecule has 9 nitrogen and oxygen atoms in total. The number of nitrogens with one attached hydrogen (secondary N) is 4. The number of anilines is 1. The first kappa shape index (κ1) is 24.2. The highest BCUT2D eigenvalue weighted by atomic mass is 19.1. The van der Waals surface area contributed by atoms with Gasteiger partial charge in [-0.3, -0.25) is 19.4 Å². The van der Waals surface area contributed by atoms with Gasteiger partial charge in [-0.25, -0.2) is 4.39 Å². The molecule has 4 rings (SSSR count). The summed E-state index contributed by atoms with van der Waals surface area (Å²) in [5, 5.41) is 12.3. The molecule has 3 atom stereocenters. The van der Waals surface area contributed by atoms with Crippen molar-refractivity contribution in [2.24, 2.45) is 5.73 Å². The Hall–Kier alpha value is -3.89.